The van der Waals surface area contributed by atoms with Crippen molar-refractivity contribution in [2.75, 3.05) is 26.9 Å². The Labute approximate surface area is 102 Å². The molecule has 0 aromatic heterocycles. The molecule has 0 bridgehead atoms. The van der Waals surface area contributed by atoms with Crippen LogP contribution in [0.4, 0.5) is 0 Å². The fourth-order valence-electron chi connectivity index (χ4n) is 2.27. The number of rotatable bonds is 5. The highest BCUT2D eigenvalue weighted by atomic mass is 16.5. The lowest BCUT2D eigenvalue weighted by Crippen LogP contribution is -2.57. The van der Waals surface area contributed by atoms with Gasteiger partial charge in [0.05, 0.1) is 25.4 Å². The van der Waals surface area contributed by atoms with E-state index in [0.717, 1.165) is 6.54 Å². The van der Waals surface area contributed by atoms with Gasteiger partial charge in [0.2, 0.25) is 5.91 Å². The molecule has 0 aromatic carbocycles. The van der Waals surface area contributed by atoms with Gasteiger partial charge in [0, 0.05) is 13.7 Å². The Balaban J connectivity index is 1.85. The second-order valence-corrected chi connectivity index (χ2v) is 4.92. The number of morpholine rings is 1. The van der Waals surface area contributed by atoms with Gasteiger partial charge in [0.1, 0.15) is 6.04 Å². The summed E-state index contributed by atoms with van der Waals surface area (Å²) in [7, 11) is 1.67. The third kappa shape index (κ3) is 3.40. The van der Waals surface area contributed by atoms with E-state index in [1.807, 2.05) is 6.92 Å². The second-order valence-electron chi connectivity index (χ2n) is 4.92. The van der Waals surface area contributed by atoms with Crippen LogP contribution in [0.1, 0.15) is 19.8 Å². The summed E-state index contributed by atoms with van der Waals surface area (Å²) in [6, 6.07) is -0.0784. The molecular formula is C12H22N2O3. The van der Waals surface area contributed by atoms with E-state index in [1.165, 1.54) is 12.8 Å². The van der Waals surface area contributed by atoms with Crippen LogP contribution in [0.3, 0.4) is 0 Å². The molecule has 1 aliphatic heterocycles. The van der Waals surface area contributed by atoms with E-state index in [4.69, 9.17) is 9.47 Å². The Morgan fingerprint density at radius 3 is 2.94 bits per heavy atom. The first-order chi connectivity index (χ1) is 8.22. The molecule has 98 valence electrons. The smallest absolute Gasteiger partial charge is 0.240 e. The summed E-state index contributed by atoms with van der Waals surface area (Å²) < 4.78 is 10.6. The van der Waals surface area contributed by atoms with Gasteiger partial charge < -0.3 is 20.1 Å². The van der Waals surface area contributed by atoms with Gasteiger partial charge in [-0.1, -0.05) is 0 Å². The first-order valence-corrected chi connectivity index (χ1v) is 6.36. The molecule has 1 amide bonds. The molecule has 0 radical (unpaired) electrons. The van der Waals surface area contributed by atoms with Crippen LogP contribution >= 0.6 is 0 Å². The number of methoxy groups -OCH3 is 1. The van der Waals surface area contributed by atoms with Crippen molar-refractivity contribution in [2.45, 2.75) is 38.0 Å². The van der Waals surface area contributed by atoms with Crippen LogP contribution in [-0.4, -0.2) is 51.0 Å². The van der Waals surface area contributed by atoms with Gasteiger partial charge in [-0.05, 0) is 25.7 Å². The molecule has 2 aliphatic rings. The average Bonchev–Trinajstić information content (AvgIpc) is 3.12. The molecule has 3 atom stereocenters. The van der Waals surface area contributed by atoms with E-state index in [1.54, 1.807) is 7.11 Å². The summed E-state index contributed by atoms with van der Waals surface area (Å²) >= 11 is 0. The van der Waals surface area contributed by atoms with Gasteiger partial charge in [-0.2, -0.15) is 0 Å². The van der Waals surface area contributed by atoms with Crippen LogP contribution in [0.15, 0.2) is 0 Å². The van der Waals surface area contributed by atoms with Crippen LogP contribution in [-0.2, 0) is 14.3 Å². The highest BCUT2D eigenvalue weighted by Gasteiger charge is 2.35. The summed E-state index contributed by atoms with van der Waals surface area (Å²) in [6.45, 7) is 3.94. The minimum absolute atomic E-state index is 0.0335. The first kappa shape index (κ1) is 12.8. The van der Waals surface area contributed by atoms with Crippen molar-refractivity contribution in [3.05, 3.63) is 0 Å². The maximum atomic E-state index is 12.1. The highest BCUT2D eigenvalue weighted by Crippen LogP contribution is 2.32. The van der Waals surface area contributed by atoms with E-state index >= 15 is 0 Å². The van der Waals surface area contributed by atoms with Gasteiger partial charge in [-0.15, -0.1) is 0 Å². The van der Waals surface area contributed by atoms with Crippen LogP contribution in [0.2, 0.25) is 0 Å². The monoisotopic (exact) mass is 242 g/mol. The fourth-order valence-corrected chi connectivity index (χ4v) is 2.27. The van der Waals surface area contributed by atoms with Crippen LogP contribution in [0.5, 0.6) is 0 Å². The maximum Gasteiger partial charge on any atom is 0.240 e. The highest BCUT2D eigenvalue weighted by molar-refractivity contribution is 5.82. The normalized spacial score (nSPS) is 30.9. The molecule has 1 unspecified atom stereocenters. The summed E-state index contributed by atoms with van der Waals surface area (Å²) in [5.74, 6) is 0.630. The Morgan fingerprint density at radius 1 is 1.59 bits per heavy atom. The van der Waals surface area contributed by atoms with E-state index < -0.39 is 0 Å². The molecule has 1 aliphatic carbocycles. The fraction of sp³-hybridized carbons (Fsp3) is 0.917. The zero-order valence-corrected chi connectivity index (χ0v) is 10.6. The van der Waals surface area contributed by atoms with Gasteiger partial charge in [0.15, 0.2) is 0 Å². The molecule has 2 rings (SSSR count). The summed E-state index contributed by atoms with van der Waals surface area (Å²) in [6.07, 6.45) is 2.32. The summed E-state index contributed by atoms with van der Waals surface area (Å²) in [4.78, 5) is 12.1. The number of nitrogens with one attached hydrogen (secondary N) is 2. The second kappa shape index (κ2) is 5.80. The van der Waals surface area contributed by atoms with Crippen molar-refractivity contribution in [2.24, 2.45) is 5.92 Å². The van der Waals surface area contributed by atoms with Crippen LogP contribution in [0, 0.1) is 5.92 Å². The van der Waals surface area contributed by atoms with Crippen molar-refractivity contribution >= 4 is 5.91 Å². The van der Waals surface area contributed by atoms with Crippen molar-refractivity contribution < 1.29 is 14.3 Å². The van der Waals surface area contributed by atoms with Gasteiger partial charge in [-0.3, -0.25) is 4.79 Å². The summed E-state index contributed by atoms with van der Waals surface area (Å²) in [5.41, 5.74) is 0. The molecule has 2 fully saturated rings. The Morgan fingerprint density at radius 2 is 2.35 bits per heavy atom. The molecule has 5 heteroatoms. The predicted octanol–water partition coefficient (Wildman–Crippen LogP) is -0.0955. The van der Waals surface area contributed by atoms with Gasteiger partial charge in [-0.25, -0.2) is 0 Å². The Hall–Kier alpha value is -0.650. The largest absolute Gasteiger partial charge is 0.383 e. The lowest BCUT2D eigenvalue weighted by Gasteiger charge is -2.30. The lowest BCUT2D eigenvalue weighted by molar-refractivity contribution is -0.130. The van der Waals surface area contributed by atoms with Crippen LogP contribution in [0.25, 0.3) is 0 Å². The van der Waals surface area contributed by atoms with E-state index in [0.29, 0.717) is 19.1 Å². The molecule has 1 heterocycles. The quantitative estimate of drug-likeness (QED) is 0.707. The topological polar surface area (TPSA) is 59.6 Å². The zero-order chi connectivity index (χ0) is 12.3. The maximum absolute atomic E-state index is 12.1. The first-order valence-electron chi connectivity index (χ1n) is 6.36. The average molecular weight is 242 g/mol. The molecule has 17 heavy (non-hydrogen) atoms. The SMILES string of the molecule is COCC(NC(=O)[C@H]1NCCO[C@@H]1C)C1CC1. The number of amides is 1. The third-order valence-electron chi connectivity index (χ3n) is 3.46. The molecule has 0 aromatic rings. The van der Waals surface area contributed by atoms with Crippen molar-refractivity contribution in [3.8, 4) is 0 Å². The number of ether oxygens (including phenoxy) is 2. The number of carbonyl (C=O) groups is 1. The lowest BCUT2D eigenvalue weighted by atomic mass is 10.1. The molecule has 5 nitrogen and oxygen atoms in total. The molecule has 2 N–H and O–H groups in total. The molecule has 0 spiro atoms. The molecular weight excluding hydrogens is 220 g/mol. The predicted molar refractivity (Wildman–Crippen MR) is 63.7 cm³/mol. The van der Waals surface area contributed by atoms with Gasteiger partial charge >= 0.3 is 0 Å². The standard InChI is InChI=1S/C12H22N2O3/c1-8-11(13-5-6-17-8)12(15)14-10(7-16-2)9-3-4-9/h8-11,13H,3-7H2,1-2H3,(H,14,15)/t8-,10?,11+/m1/s1. The Kier molecular flexibility index (Phi) is 4.36. The zero-order valence-electron chi connectivity index (χ0n) is 10.6. The number of hydrogen-bond acceptors (Lipinski definition) is 4. The van der Waals surface area contributed by atoms with Gasteiger partial charge in [0.25, 0.3) is 0 Å². The Bertz CT molecular complexity index is 268. The van der Waals surface area contributed by atoms with E-state index in [9.17, 15) is 4.79 Å². The third-order valence-corrected chi connectivity index (χ3v) is 3.46. The van der Waals surface area contributed by atoms with E-state index in [2.05, 4.69) is 10.6 Å². The van der Waals surface area contributed by atoms with Crippen molar-refractivity contribution in [1.29, 1.82) is 0 Å². The number of carbonyl (C=O) groups excluding carboxylic acids is 1. The van der Waals surface area contributed by atoms with E-state index in [-0.39, 0.29) is 24.1 Å². The summed E-state index contributed by atoms with van der Waals surface area (Å²) in [5, 5.41) is 6.27. The molecule has 1 saturated heterocycles. The van der Waals surface area contributed by atoms with Crippen molar-refractivity contribution in [3.63, 3.8) is 0 Å². The minimum Gasteiger partial charge on any atom is -0.383 e. The van der Waals surface area contributed by atoms with Crippen molar-refractivity contribution in [1.82, 2.24) is 10.6 Å². The number of hydrogen-bond donors (Lipinski definition) is 2. The minimum atomic E-state index is -0.234. The van der Waals surface area contributed by atoms with Crippen LogP contribution < -0.4 is 10.6 Å². The molecule has 1 saturated carbocycles.